The predicted octanol–water partition coefficient (Wildman–Crippen LogP) is 3.23. The molecule has 1 atom stereocenters. The Hall–Kier alpha value is -1.56. The van der Waals surface area contributed by atoms with Crippen LogP contribution in [-0.2, 0) is 0 Å². The highest BCUT2D eigenvalue weighted by atomic mass is 32.1. The fourth-order valence-corrected chi connectivity index (χ4v) is 4.29. The second kappa shape index (κ2) is 7.55. The molecule has 2 heterocycles. The number of hydrogen-bond acceptors (Lipinski definition) is 5. The molecule has 1 aromatic heterocycles. The molecular formula is C19H26N2O2S. The van der Waals surface area contributed by atoms with E-state index < -0.39 is 0 Å². The molecule has 24 heavy (non-hydrogen) atoms. The number of β-amino-alcohol motifs (C(OH)–C–C–N with tert-alkyl or cyclic N) is 1. The highest BCUT2D eigenvalue weighted by Gasteiger charge is 2.21. The van der Waals surface area contributed by atoms with Gasteiger partial charge in [0.15, 0.2) is 0 Å². The minimum absolute atomic E-state index is 0.387. The number of aliphatic hydroxyl groups is 1. The monoisotopic (exact) mass is 346 g/mol. The minimum atomic E-state index is -0.387. The summed E-state index contributed by atoms with van der Waals surface area (Å²) in [5.74, 6) is 0.891. The Morgan fingerprint density at radius 3 is 2.33 bits per heavy atom. The van der Waals surface area contributed by atoms with Gasteiger partial charge in [-0.05, 0) is 49.7 Å². The number of hydrogen-bond donors (Lipinski definition) is 1. The molecule has 130 valence electrons. The third-order valence-electron chi connectivity index (χ3n) is 4.68. The second-order valence-electron chi connectivity index (χ2n) is 6.37. The van der Waals surface area contributed by atoms with Crippen molar-refractivity contribution in [3.8, 4) is 5.75 Å². The van der Waals surface area contributed by atoms with E-state index in [9.17, 15) is 5.11 Å². The van der Waals surface area contributed by atoms with E-state index >= 15 is 0 Å². The van der Waals surface area contributed by atoms with Crippen LogP contribution in [0.15, 0.2) is 30.3 Å². The first-order valence-electron chi connectivity index (χ1n) is 8.43. The number of methoxy groups -OCH3 is 1. The molecule has 1 aromatic carbocycles. The molecule has 5 heteroatoms. The highest BCUT2D eigenvalue weighted by molar-refractivity contribution is 7.12. The van der Waals surface area contributed by atoms with E-state index in [1.807, 2.05) is 12.1 Å². The molecule has 0 unspecified atom stereocenters. The summed E-state index contributed by atoms with van der Waals surface area (Å²) in [5, 5.41) is 10.5. The molecule has 3 rings (SSSR count). The van der Waals surface area contributed by atoms with E-state index in [0.29, 0.717) is 6.54 Å². The van der Waals surface area contributed by atoms with E-state index in [4.69, 9.17) is 4.74 Å². The van der Waals surface area contributed by atoms with Crippen LogP contribution in [0.25, 0.3) is 0 Å². The number of ether oxygens (including phenoxy) is 1. The van der Waals surface area contributed by atoms with Crippen molar-refractivity contribution in [3.63, 3.8) is 0 Å². The quantitative estimate of drug-likeness (QED) is 0.902. The predicted molar refractivity (Wildman–Crippen MR) is 100 cm³/mol. The van der Waals surface area contributed by atoms with Gasteiger partial charge in [0.25, 0.3) is 0 Å². The van der Waals surface area contributed by atoms with Gasteiger partial charge in [-0.3, -0.25) is 4.90 Å². The summed E-state index contributed by atoms with van der Waals surface area (Å²) >= 11 is 1.76. The molecule has 1 N–H and O–H groups in total. The molecule has 0 aliphatic carbocycles. The number of benzene rings is 1. The lowest BCUT2D eigenvalue weighted by Crippen LogP contribution is -2.47. The zero-order valence-corrected chi connectivity index (χ0v) is 15.5. The number of aryl methyl sites for hydroxylation is 2. The first-order valence-corrected chi connectivity index (χ1v) is 9.25. The molecule has 0 saturated carbocycles. The van der Waals surface area contributed by atoms with E-state index in [0.717, 1.165) is 37.5 Å². The van der Waals surface area contributed by atoms with Gasteiger partial charge < -0.3 is 14.7 Å². The van der Waals surface area contributed by atoms with Crippen molar-refractivity contribution in [1.82, 2.24) is 4.90 Å². The lowest BCUT2D eigenvalue weighted by atomic mass is 10.1. The van der Waals surface area contributed by atoms with Crippen molar-refractivity contribution in [3.05, 3.63) is 45.6 Å². The number of rotatable bonds is 5. The van der Waals surface area contributed by atoms with Gasteiger partial charge in [-0.2, -0.15) is 0 Å². The first kappa shape index (κ1) is 17.3. The molecule has 0 amide bonds. The minimum Gasteiger partial charge on any atom is -0.497 e. The molecule has 0 radical (unpaired) electrons. The standard InChI is InChI=1S/C19H26N2O2S/c1-14-12-18(15(2)24-14)19(22)13-20-8-10-21(11-9-20)16-4-6-17(23-3)7-5-16/h4-7,12,19,22H,8-11,13H2,1-3H3/t19-/m0/s1. The lowest BCUT2D eigenvalue weighted by molar-refractivity contribution is 0.109. The normalized spacial score (nSPS) is 17.1. The van der Waals surface area contributed by atoms with Crippen LogP contribution >= 0.6 is 11.3 Å². The van der Waals surface area contributed by atoms with Crippen LogP contribution < -0.4 is 9.64 Å². The smallest absolute Gasteiger partial charge is 0.119 e. The number of anilines is 1. The van der Waals surface area contributed by atoms with E-state index in [2.05, 4.69) is 41.8 Å². The Labute approximate surface area is 148 Å². The largest absolute Gasteiger partial charge is 0.497 e. The van der Waals surface area contributed by atoms with Crippen LogP contribution in [0.3, 0.4) is 0 Å². The molecule has 1 fully saturated rings. The molecule has 1 aliphatic rings. The fourth-order valence-electron chi connectivity index (χ4n) is 3.31. The number of piperazine rings is 1. The lowest BCUT2D eigenvalue weighted by Gasteiger charge is -2.37. The van der Waals surface area contributed by atoms with Crippen molar-refractivity contribution in [1.29, 1.82) is 0 Å². The maximum absolute atomic E-state index is 10.5. The second-order valence-corrected chi connectivity index (χ2v) is 7.83. The Morgan fingerprint density at radius 2 is 1.79 bits per heavy atom. The van der Waals surface area contributed by atoms with E-state index in [1.165, 1.54) is 15.4 Å². The van der Waals surface area contributed by atoms with E-state index in [-0.39, 0.29) is 6.10 Å². The highest BCUT2D eigenvalue weighted by Crippen LogP contribution is 2.27. The summed E-state index contributed by atoms with van der Waals surface area (Å²) < 4.78 is 5.22. The van der Waals surface area contributed by atoms with Crippen LogP contribution in [0.1, 0.15) is 21.4 Å². The molecule has 0 spiro atoms. The van der Waals surface area contributed by atoms with Crippen molar-refractivity contribution < 1.29 is 9.84 Å². The average Bonchev–Trinajstić information content (AvgIpc) is 2.94. The molecule has 1 saturated heterocycles. The Kier molecular flexibility index (Phi) is 5.43. The van der Waals surface area contributed by atoms with Crippen molar-refractivity contribution in [2.75, 3.05) is 44.7 Å². The molecule has 2 aromatic rings. The zero-order chi connectivity index (χ0) is 17.1. The molecule has 4 nitrogen and oxygen atoms in total. The maximum atomic E-state index is 10.5. The summed E-state index contributed by atoms with van der Waals surface area (Å²) in [5.41, 5.74) is 2.33. The van der Waals surface area contributed by atoms with Crippen molar-refractivity contribution in [2.45, 2.75) is 20.0 Å². The van der Waals surface area contributed by atoms with Gasteiger partial charge in [-0.1, -0.05) is 0 Å². The van der Waals surface area contributed by atoms with Gasteiger partial charge in [0.05, 0.1) is 13.2 Å². The van der Waals surface area contributed by atoms with Gasteiger partial charge in [0, 0.05) is 48.2 Å². The average molecular weight is 346 g/mol. The molecule has 0 bridgehead atoms. The molecular weight excluding hydrogens is 320 g/mol. The summed E-state index contributed by atoms with van der Waals surface area (Å²) in [7, 11) is 1.69. The SMILES string of the molecule is COc1ccc(N2CCN(C[C@H](O)c3cc(C)sc3C)CC2)cc1. The van der Waals surface area contributed by atoms with Crippen molar-refractivity contribution in [2.24, 2.45) is 0 Å². The first-order chi connectivity index (χ1) is 11.6. The third-order valence-corrected chi connectivity index (χ3v) is 5.66. The number of thiophene rings is 1. The van der Waals surface area contributed by atoms with E-state index in [1.54, 1.807) is 18.4 Å². The van der Waals surface area contributed by atoms with Crippen molar-refractivity contribution >= 4 is 17.0 Å². The number of nitrogens with zero attached hydrogens (tertiary/aromatic N) is 2. The Bertz CT molecular complexity index is 661. The zero-order valence-electron chi connectivity index (χ0n) is 14.7. The molecule has 1 aliphatic heterocycles. The topological polar surface area (TPSA) is 35.9 Å². The van der Waals surface area contributed by atoms with Crippen LogP contribution in [0.4, 0.5) is 5.69 Å². The summed E-state index contributed by atoms with van der Waals surface area (Å²) in [6.07, 6.45) is -0.387. The Morgan fingerprint density at radius 1 is 1.12 bits per heavy atom. The van der Waals surface area contributed by atoms with Gasteiger partial charge in [0.2, 0.25) is 0 Å². The van der Waals surface area contributed by atoms with Gasteiger partial charge in [-0.25, -0.2) is 0 Å². The van der Waals surface area contributed by atoms with Crippen LogP contribution in [0.2, 0.25) is 0 Å². The fraction of sp³-hybridized carbons (Fsp3) is 0.474. The summed E-state index contributed by atoms with van der Waals surface area (Å²) in [6.45, 7) is 8.84. The van der Waals surface area contributed by atoms with Crippen LogP contribution in [0, 0.1) is 13.8 Å². The van der Waals surface area contributed by atoms with Gasteiger partial charge in [-0.15, -0.1) is 11.3 Å². The number of aliphatic hydroxyl groups excluding tert-OH is 1. The third kappa shape index (κ3) is 3.91. The maximum Gasteiger partial charge on any atom is 0.119 e. The summed E-state index contributed by atoms with van der Waals surface area (Å²) in [6, 6.07) is 10.4. The Balaban J connectivity index is 1.54. The van der Waals surface area contributed by atoms with Gasteiger partial charge in [0.1, 0.15) is 5.75 Å². The summed E-state index contributed by atoms with van der Waals surface area (Å²) in [4.78, 5) is 7.25. The van der Waals surface area contributed by atoms with Crippen LogP contribution in [0.5, 0.6) is 5.75 Å². The van der Waals surface area contributed by atoms with Gasteiger partial charge >= 0.3 is 0 Å². The van der Waals surface area contributed by atoms with Crippen LogP contribution in [-0.4, -0.2) is 49.8 Å².